The number of carboxylic acids is 1. The highest BCUT2D eigenvalue weighted by Crippen LogP contribution is 2.25. The number of ether oxygens (including phenoxy) is 1. The minimum Gasteiger partial charge on any atom is -0.480 e. The molecular formula is C11H14ClNO3. The normalized spacial score (nSPS) is 10.1. The highest BCUT2D eigenvalue weighted by atomic mass is 35.5. The largest absolute Gasteiger partial charge is 0.480 e. The summed E-state index contributed by atoms with van der Waals surface area (Å²) in [7, 11) is 0. The Labute approximate surface area is 99.2 Å². The summed E-state index contributed by atoms with van der Waals surface area (Å²) in [4.78, 5) is 10.4. The molecule has 0 radical (unpaired) electrons. The van der Waals surface area contributed by atoms with Crippen LogP contribution in [-0.2, 0) is 11.3 Å². The summed E-state index contributed by atoms with van der Waals surface area (Å²) >= 11 is 5.88. The van der Waals surface area contributed by atoms with Gasteiger partial charge in [0, 0.05) is 6.54 Å². The topological polar surface area (TPSA) is 58.6 Å². The van der Waals surface area contributed by atoms with E-state index in [1.54, 1.807) is 12.1 Å². The minimum absolute atomic E-state index is 0.385. The van der Waals surface area contributed by atoms with Crippen LogP contribution in [0.5, 0.6) is 5.75 Å². The van der Waals surface area contributed by atoms with E-state index in [-0.39, 0.29) is 6.61 Å². The highest BCUT2D eigenvalue weighted by Gasteiger charge is 2.05. The third-order valence-corrected chi connectivity index (χ3v) is 2.24. The first kappa shape index (κ1) is 12.8. The van der Waals surface area contributed by atoms with E-state index in [1.807, 2.05) is 13.0 Å². The third kappa shape index (κ3) is 4.08. The van der Waals surface area contributed by atoms with Crippen LogP contribution < -0.4 is 10.1 Å². The Morgan fingerprint density at radius 3 is 2.94 bits per heavy atom. The van der Waals surface area contributed by atoms with Crippen LogP contribution in [0.25, 0.3) is 0 Å². The van der Waals surface area contributed by atoms with E-state index < -0.39 is 5.97 Å². The molecule has 0 bridgehead atoms. The molecule has 0 aliphatic heterocycles. The van der Waals surface area contributed by atoms with Gasteiger partial charge in [0.15, 0.2) is 6.61 Å². The van der Waals surface area contributed by atoms with Crippen LogP contribution in [0.15, 0.2) is 18.2 Å². The third-order valence-electron chi connectivity index (χ3n) is 1.93. The molecule has 0 aliphatic rings. The standard InChI is InChI=1S/C11H14ClNO3/c1-2-13-6-8-3-4-9(12)10(5-8)16-7-11(14)15/h3-5,13H,2,6-7H2,1H3,(H,14,15). The average molecular weight is 244 g/mol. The lowest BCUT2D eigenvalue weighted by molar-refractivity contribution is -0.139. The maximum absolute atomic E-state index is 10.4. The average Bonchev–Trinajstić information content (AvgIpc) is 2.26. The van der Waals surface area contributed by atoms with Crippen molar-refractivity contribution < 1.29 is 14.6 Å². The Morgan fingerprint density at radius 2 is 2.31 bits per heavy atom. The number of benzene rings is 1. The molecule has 5 heteroatoms. The molecule has 0 spiro atoms. The first-order valence-corrected chi connectivity index (χ1v) is 5.35. The number of aliphatic carboxylic acids is 1. The molecule has 2 N–H and O–H groups in total. The van der Waals surface area contributed by atoms with Crippen molar-refractivity contribution in [2.45, 2.75) is 13.5 Å². The van der Waals surface area contributed by atoms with Crippen molar-refractivity contribution in [1.29, 1.82) is 0 Å². The van der Waals surface area contributed by atoms with Crippen LogP contribution in [0.2, 0.25) is 5.02 Å². The van der Waals surface area contributed by atoms with Crippen molar-refractivity contribution in [2.24, 2.45) is 0 Å². The van der Waals surface area contributed by atoms with Crippen LogP contribution in [0.1, 0.15) is 12.5 Å². The molecule has 0 atom stereocenters. The van der Waals surface area contributed by atoms with Gasteiger partial charge in [0.1, 0.15) is 5.75 Å². The van der Waals surface area contributed by atoms with Gasteiger partial charge in [-0.3, -0.25) is 0 Å². The van der Waals surface area contributed by atoms with Crippen molar-refractivity contribution in [3.8, 4) is 5.75 Å². The number of rotatable bonds is 6. The summed E-state index contributed by atoms with van der Waals surface area (Å²) in [6.45, 7) is 3.20. The van der Waals surface area contributed by atoms with Crippen molar-refractivity contribution in [1.82, 2.24) is 5.32 Å². The number of carbonyl (C=O) groups is 1. The lowest BCUT2D eigenvalue weighted by Gasteiger charge is -2.08. The predicted octanol–water partition coefficient (Wildman–Crippen LogP) is 1.91. The van der Waals surface area contributed by atoms with E-state index in [0.717, 1.165) is 12.1 Å². The molecule has 0 saturated heterocycles. The second-order valence-corrected chi connectivity index (χ2v) is 3.63. The molecule has 0 saturated carbocycles. The quantitative estimate of drug-likeness (QED) is 0.801. The summed E-state index contributed by atoms with van der Waals surface area (Å²) in [6.07, 6.45) is 0. The van der Waals surface area contributed by atoms with Crippen molar-refractivity contribution in [2.75, 3.05) is 13.2 Å². The number of hydrogen-bond donors (Lipinski definition) is 2. The molecule has 0 aromatic heterocycles. The van der Waals surface area contributed by atoms with Gasteiger partial charge in [-0.15, -0.1) is 0 Å². The van der Waals surface area contributed by atoms with Crippen molar-refractivity contribution in [3.05, 3.63) is 28.8 Å². The smallest absolute Gasteiger partial charge is 0.341 e. The van der Waals surface area contributed by atoms with Crippen LogP contribution in [0, 0.1) is 0 Å². The van der Waals surface area contributed by atoms with Crippen LogP contribution in [-0.4, -0.2) is 24.2 Å². The van der Waals surface area contributed by atoms with Gasteiger partial charge in [-0.05, 0) is 24.2 Å². The second-order valence-electron chi connectivity index (χ2n) is 3.23. The fourth-order valence-corrected chi connectivity index (χ4v) is 1.35. The molecule has 16 heavy (non-hydrogen) atoms. The minimum atomic E-state index is -1.02. The fraction of sp³-hybridized carbons (Fsp3) is 0.364. The van der Waals surface area contributed by atoms with E-state index in [2.05, 4.69) is 5.32 Å². The van der Waals surface area contributed by atoms with E-state index in [4.69, 9.17) is 21.4 Å². The summed E-state index contributed by atoms with van der Waals surface area (Å²) in [6, 6.07) is 5.32. The Kier molecular flexibility index (Phi) is 5.08. The van der Waals surface area contributed by atoms with Gasteiger partial charge >= 0.3 is 5.97 Å². The van der Waals surface area contributed by atoms with Gasteiger partial charge in [0.2, 0.25) is 0 Å². The van der Waals surface area contributed by atoms with Gasteiger partial charge in [0.25, 0.3) is 0 Å². The molecule has 88 valence electrons. The number of carboxylic acid groups (broad SMARTS) is 1. The SMILES string of the molecule is CCNCc1ccc(Cl)c(OCC(=O)O)c1. The Balaban J connectivity index is 2.69. The Bertz CT molecular complexity index is 368. The molecule has 1 aromatic carbocycles. The lowest BCUT2D eigenvalue weighted by Crippen LogP contribution is -2.12. The summed E-state index contributed by atoms with van der Waals surface area (Å²) < 4.78 is 5.06. The first-order valence-electron chi connectivity index (χ1n) is 4.97. The second kappa shape index (κ2) is 6.35. The first-order chi connectivity index (χ1) is 7.63. The lowest BCUT2D eigenvalue weighted by atomic mass is 10.2. The Morgan fingerprint density at radius 1 is 1.56 bits per heavy atom. The zero-order valence-corrected chi connectivity index (χ0v) is 9.75. The molecule has 0 unspecified atom stereocenters. The van der Waals surface area contributed by atoms with E-state index in [1.165, 1.54) is 0 Å². The molecule has 0 heterocycles. The van der Waals surface area contributed by atoms with E-state index in [0.29, 0.717) is 17.3 Å². The van der Waals surface area contributed by atoms with E-state index in [9.17, 15) is 4.79 Å². The van der Waals surface area contributed by atoms with Gasteiger partial charge < -0.3 is 15.2 Å². The maximum atomic E-state index is 10.4. The number of halogens is 1. The van der Waals surface area contributed by atoms with Gasteiger partial charge in [-0.1, -0.05) is 24.6 Å². The van der Waals surface area contributed by atoms with Crippen LogP contribution in [0.4, 0.5) is 0 Å². The summed E-state index contributed by atoms with van der Waals surface area (Å²) in [5.74, 6) is -0.618. The molecule has 4 nitrogen and oxygen atoms in total. The Hall–Kier alpha value is -1.26. The van der Waals surface area contributed by atoms with Crippen molar-refractivity contribution >= 4 is 17.6 Å². The monoisotopic (exact) mass is 243 g/mol. The molecule has 1 rings (SSSR count). The van der Waals surface area contributed by atoms with Crippen LogP contribution >= 0.6 is 11.6 Å². The fourth-order valence-electron chi connectivity index (χ4n) is 1.18. The van der Waals surface area contributed by atoms with Gasteiger partial charge in [-0.25, -0.2) is 4.79 Å². The van der Waals surface area contributed by atoms with Crippen LogP contribution in [0.3, 0.4) is 0 Å². The van der Waals surface area contributed by atoms with Crippen molar-refractivity contribution in [3.63, 3.8) is 0 Å². The van der Waals surface area contributed by atoms with Gasteiger partial charge in [0.05, 0.1) is 5.02 Å². The molecule has 0 amide bonds. The van der Waals surface area contributed by atoms with Gasteiger partial charge in [-0.2, -0.15) is 0 Å². The zero-order valence-electron chi connectivity index (χ0n) is 9.00. The number of hydrogen-bond acceptors (Lipinski definition) is 3. The highest BCUT2D eigenvalue weighted by molar-refractivity contribution is 6.32. The molecular weight excluding hydrogens is 230 g/mol. The molecule has 0 fully saturated rings. The predicted molar refractivity (Wildman–Crippen MR) is 62.0 cm³/mol. The summed E-state index contributed by atoms with van der Waals surface area (Å²) in [5, 5.41) is 12.1. The van der Waals surface area contributed by atoms with E-state index >= 15 is 0 Å². The maximum Gasteiger partial charge on any atom is 0.341 e. The molecule has 0 aliphatic carbocycles. The number of nitrogens with one attached hydrogen (secondary N) is 1. The summed E-state index contributed by atoms with van der Waals surface area (Å²) in [5.41, 5.74) is 1.01. The molecule has 1 aromatic rings. The zero-order chi connectivity index (χ0) is 12.0.